The fraction of sp³-hybridized carbons (Fsp3) is 0.706. The molecule has 2 heterocycles. The minimum atomic E-state index is -0.379. The SMILES string of the molecule is COC(C)(C)CN(C)c1ncnc2c1ncn2C1CC(CO)(CO)C1. The summed E-state index contributed by atoms with van der Waals surface area (Å²) in [6.07, 6.45) is 4.77. The number of aliphatic hydroxyl groups is 2. The Morgan fingerprint density at radius 3 is 2.56 bits per heavy atom. The van der Waals surface area contributed by atoms with Crippen molar-refractivity contribution in [1.29, 1.82) is 0 Å². The lowest BCUT2D eigenvalue weighted by Gasteiger charge is -2.45. The van der Waals surface area contributed by atoms with Gasteiger partial charge in [0.2, 0.25) is 0 Å². The van der Waals surface area contributed by atoms with Gasteiger partial charge in [0.1, 0.15) is 6.33 Å². The number of imidazole rings is 1. The van der Waals surface area contributed by atoms with Crippen LogP contribution in [0.1, 0.15) is 32.7 Å². The van der Waals surface area contributed by atoms with Gasteiger partial charge >= 0.3 is 0 Å². The summed E-state index contributed by atoms with van der Waals surface area (Å²) in [5.41, 5.74) is 0.852. The van der Waals surface area contributed by atoms with Gasteiger partial charge in [-0.05, 0) is 26.7 Å². The first-order valence-corrected chi connectivity index (χ1v) is 8.50. The maximum Gasteiger partial charge on any atom is 0.165 e. The van der Waals surface area contributed by atoms with E-state index in [1.165, 1.54) is 0 Å². The first-order chi connectivity index (χ1) is 11.8. The molecule has 1 saturated carbocycles. The number of anilines is 1. The second-order valence-electron chi connectivity index (χ2n) is 7.72. The van der Waals surface area contributed by atoms with E-state index in [1.54, 1.807) is 19.8 Å². The van der Waals surface area contributed by atoms with E-state index in [0.717, 1.165) is 29.8 Å². The van der Waals surface area contributed by atoms with Crippen LogP contribution in [0.25, 0.3) is 11.2 Å². The number of methoxy groups -OCH3 is 1. The average Bonchev–Trinajstić information content (AvgIpc) is 2.98. The molecular formula is C17H27N5O3. The summed E-state index contributed by atoms with van der Waals surface area (Å²) < 4.78 is 7.53. The van der Waals surface area contributed by atoms with Gasteiger partial charge in [-0.1, -0.05) is 0 Å². The van der Waals surface area contributed by atoms with Crippen LogP contribution in [0, 0.1) is 5.41 Å². The van der Waals surface area contributed by atoms with Crippen molar-refractivity contribution in [2.24, 2.45) is 5.41 Å². The Labute approximate surface area is 147 Å². The molecule has 0 spiro atoms. The highest BCUT2D eigenvalue weighted by atomic mass is 16.5. The van der Waals surface area contributed by atoms with Crippen LogP contribution in [0.4, 0.5) is 5.82 Å². The molecule has 0 bridgehead atoms. The van der Waals surface area contributed by atoms with Crippen LogP contribution in [-0.2, 0) is 4.74 Å². The van der Waals surface area contributed by atoms with Gasteiger partial charge in [0.05, 0.1) is 25.1 Å². The summed E-state index contributed by atoms with van der Waals surface area (Å²) in [7, 11) is 3.66. The van der Waals surface area contributed by atoms with E-state index in [9.17, 15) is 10.2 Å². The molecule has 0 atom stereocenters. The molecule has 0 aromatic carbocycles. The average molecular weight is 349 g/mol. The molecule has 2 aromatic rings. The third-order valence-corrected chi connectivity index (χ3v) is 5.27. The van der Waals surface area contributed by atoms with E-state index in [4.69, 9.17) is 4.74 Å². The molecule has 0 aliphatic heterocycles. The number of hydrogen-bond donors (Lipinski definition) is 2. The number of rotatable bonds is 7. The van der Waals surface area contributed by atoms with Crippen LogP contribution in [0.3, 0.4) is 0 Å². The Morgan fingerprint density at radius 1 is 1.28 bits per heavy atom. The molecular weight excluding hydrogens is 322 g/mol. The molecule has 1 aliphatic rings. The standard InChI is InChI=1S/C17H27N5O3/c1-16(2,25-4)7-21(3)14-13-15(19-10-18-14)22(11-20-13)12-5-17(6-12,8-23)9-24/h10-12,23-24H,5-9H2,1-4H3. The predicted octanol–water partition coefficient (Wildman–Crippen LogP) is 0.993. The molecule has 0 amide bonds. The Morgan fingerprint density at radius 2 is 1.96 bits per heavy atom. The molecule has 0 saturated heterocycles. The van der Waals surface area contributed by atoms with E-state index in [2.05, 4.69) is 15.0 Å². The van der Waals surface area contributed by atoms with Crippen molar-refractivity contribution >= 4 is 17.0 Å². The lowest BCUT2D eigenvalue weighted by atomic mass is 9.66. The number of nitrogens with zero attached hydrogens (tertiary/aromatic N) is 5. The van der Waals surface area contributed by atoms with E-state index in [0.29, 0.717) is 6.54 Å². The molecule has 8 nitrogen and oxygen atoms in total. The molecule has 2 N–H and O–H groups in total. The van der Waals surface area contributed by atoms with Crippen LogP contribution < -0.4 is 4.90 Å². The maximum atomic E-state index is 9.48. The zero-order valence-corrected chi connectivity index (χ0v) is 15.3. The smallest absolute Gasteiger partial charge is 0.165 e. The Bertz CT molecular complexity index is 733. The van der Waals surface area contributed by atoms with Crippen molar-refractivity contribution < 1.29 is 14.9 Å². The zero-order chi connectivity index (χ0) is 18.2. The van der Waals surface area contributed by atoms with Gasteiger partial charge in [-0.25, -0.2) is 15.0 Å². The largest absolute Gasteiger partial charge is 0.396 e. The highest BCUT2D eigenvalue weighted by Crippen LogP contribution is 2.48. The number of ether oxygens (including phenoxy) is 1. The third-order valence-electron chi connectivity index (χ3n) is 5.27. The quantitative estimate of drug-likeness (QED) is 0.769. The van der Waals surface area contributed by atoms with Crippen molar-refractivity contribution in [2.75, 3.05) is 38.8 Å². The maximum absolute atomic E-state index is 9.48. The Balaban J connectivity index is 1.86. The summed E-state index contributed by atoms with van der Waals surface area (Å²) in [6.45, 7) is 4.73. The number of aliphatic hydroxyl groups excluding tert-OH is 2. The fourth-order valence-electron chi connectivity index (χ4n) is 3.54. The summed E-state index contributed by atoms with van der Waals surface area (Å²) in [4.78, 5) is 15.4. The van der Waals surface area contributed by atoms with Gasteiger partial charge < -0.3 is 24.4 Å². The molecule has 25 heavy (non-hydrogen) atoms. The lowest BCUT2D eigenvalue weighted by molar-refractivity contribution is -0.0421. The van der Waals surface area contributed by atoms with Crippen LogP contribution in [-0.4, -0.2) is 69.2 Å². The summed E-state index contributed by atoms with van der Waals surface area (Å²) in [5.74, 6) is 0.767. The number of aromatic nitrogens is 4. The molecule has 0 radical (unpaired) electrons. The third kappa shape index (κ3) is 3.21. The van der Waals surface area contributed by atoms with Crippen LogP contribution in [0.2, 0.25) is 0 Å². The summed E-state index contributed by atoms with van der Waals surface area (Å²) in [6, 6.07) is 0.188. The van der Waals surface area contributed by atoms with Gasteiger partial charge in [-0.15, -0.1) is 0 Å². The van der Waals surface area contributed by atoms with Crippen LogP contribution in [0.15, 0.2) is 12.7 Å². The first kappa shape index (κ1) is 18.0. The van der Waals surface area contributed by atoms with E-state index in [-0.39, 0.29) is 30.3 Å². The zero-order valence-electron chi connectivity index (χ0n) is 15.3. The summed E-state index contributed by atoms with van der Waals surface area (Å²) in [5, 5.41) is 19.0. The summed E-state index contributed by atoms with van der Waals surface area (Å²) >= 11 is 0. The molecule has 0 unspecified atom stereocenters. The van der Waals surface area contributed by atoms with Gasteiger partial charge in [-0.3, -0.25) is 0 Å². The Kier molecular flexibility index (Phi) is 4.70. The van der Waals surface area contributed by atoms with Crippen LogP contribution >= 0.6 is 0 Å². The normalized spacial score (nSPS) is 17.7. The molecule has 3 rings (SSSR count). The Hall–Kier alpha value is -1.77. The highest BCUT2D eigenvalue weighted by Gasteiger charge is 2.44. The monoisotopic (exact) mass is 349 g/mol. The van der Waals surface area contributed by atoms with Crippen molar-refractivity contribution in [3.8, 4) is 0 Å². The van der Waals surface area contributed by atoms with E-state index in [1.807, 2.05) is 30.4 Å². The highest BCUT2D eigenvalue weighted by molar-refractivity contribution is 5.83. The van der Waals surface area contributed by atoms with Crippen LogP contribution in [0.5, 0.6) is 0 Å². The van der Waals surface area contributed by atoms with Gasteiger partial charge in [0.15, 0.2) is 17.0 Å². The molecule has 1 fully saturated rings. The number of likely N-dealkylation sites (N-methyl/N-ethyl adjacent to an activating group) is 1. The van der Waals surface area contributed by atoms with E-state index < -0.39 is 0 Å². The molecule has 8 heteroatoms. The first-order valence-electron chi connectivity index (χ1n) is 8.50. The fourth-order valence-corrected chi connectivity index (χ4v) is 3.54. The molecule has 1 aliphatic carbocycles. The topological polar surface area (TPSA) is 96.5 Å². The predicted molar refractivity (Wildman–Crippen MR) is 94.6 cm³/mol. The second kappa shape index (κ2) is 6.51. The second-order valence-corrected chi connectivity index (χ2v) is 7.72. The van der Waals surface area contributed by atoms with Gasteiger partial charge in [-0.2, -0.15) is 0 Å². The van der Waals surface area contributed by atoms with Crippen molar-refractivity contribution in [2.45, 2.75) is 38.3 Å². The van der Waals surface area contributed by atoms with Crippen molar-refractivity contribution in [3.63, 3.8) is 0 Å². The van der Waals surface area contributed by atoms with E-state index >= 15 is 0 Å². The minimum absolute atomic E-state index is 0.00169. The van der Waals surface area contributed by atoms with Crippen molar-refractivity contribution in [3.05, 3.63) is 12.7 Å². The van der Waals surface area contributed by atoms with Gasteiger partial charge in [0.25, 0.3) is 0 Å². The van der Waals surface area contributed by atoms with Gasteiger partial charge in [0, 0.05) is 32.2 Å². The van der Waals surface area contributed by atoms with Crippen molar-refractivity contribution in [1.82, 2.24) is 19.5 Å². The molecule has 138 valence electrons. The molecule has 2 aromatic heterocycles. The lowest BCUT2D eigenvalue weighted by Crippen LogP contribution is -2.44. The number of hydrogen-bond acceptors (Lipinski definition) is 7. The minimum Gasteiger partial charge on any atom is -0.396 e. The number of fused-ring (bicyclic) bond motifs is 1.